The van der Waals surface area contributed by atoms with Crippen molar-refractivity contribution in [3.8, 4) is 11.3 Å². The number of nitrogens with zero attached hydrogens (tertiary/aromatic N) is 1. The molecule has 0 fully saturated rings. The van der Waals surface area contributed by atoms with E-state index in [2.05, 4.69) is 34.9 Å². The molecule has 3 aromatic carbocycles. The van der Waals surface area contributed by atoms with Gasteiger partial charge in [0.05, 0.1) is 16.6 Å². The summed E-state index contributed by atoms with van der Waals surface area (Å²) in [5.41, 5.74) is 3.22. The summed E-state index contributed by atoms with van der Waals surface area (Å²) in [5, 5.41) is 14.0. The lowest BCUT2D eigenvalue weighted by Gasteiger charge is -2.23. The molecular formula is C25H17Cl2NO2. The van der Waals surface area contributed by atoms with Crippen LogP contribution in [0.15, 0.2) is 89.5 Å². The number of carboxylic acid groups (broad SMARTS) is 1. The van der Waals surface area contributed by atoms with Crippen LogP contribution in [0, 0.1) is 0 Å². The average molecular weight is 434 g/mol. The summed E-state index contributed by atoms with van der Waals surface area (Å²) in [7, 11) is 0. The minimum Gasteiger partial charge on any atom is -0.478 e. The summed E-state index contributed by atoms with van der Waals surface area (Å²) < 4.78 is 2.20. The molecule has 1 aliphatic rings. The van der Waals surface area contributed by atoms with E-state index in [0.29, 0.717) is 11.4 Å². The molecule has 30 heavy (non-hydrogen) atoms. The van der Waals surface area contributed by atoms with Crippen molar-refractivity contribution in [1.29, 1.82) is 0 Å². The molecule has 5 rings (SSSR count). The van der Waals surface area contributed by atoms with Crippen molar-refractivity contribution in [3.05, 3.63) is 94.5 Å². The van der Waals surface area contributed by atoms with E-state index in [1.54, 1.807) is 12.2 Å². The molecular weight excluding hydrogens is 417 g/mol. The normalized spacial score (nSPS) is 16.5. The summed E-state index contributed by atoms with van der Waals surface area (Å²) in [6.07, 6.45) is 4.15. The fraction of sp³-hybridized carbons (Fsp3) is 0.0800. The van der Waals surface area contributed by atoms with Crippen LogP contribution in [-0.2, 0) is 4.79 Å². The van der Waals surface area contributed by atoms with Crippen LogP contribution in [0.4, 0.5) is 0 Å². The highest BCUT2D eigenvalue weighted by molar-refractivity contribution is 6.35. The molecule has 1 atom stereocenters. The molecule has 0 bridgehead atoms. The molecule has 1 aliphatic carbocycles. The Kier molecular flexibility index (Phi) is 4.65. The van der Waals surface area contributed by atoms with Gasteiger partial charge < -0.3 is 9.67 Å². The highest BCUT2D eigenvalue weighted by Crippen LogP contribution is 2.39. The number of carbonyl (C=O) groups is 1. The summed E-state index contributed by atoms with van der Waals surface area (Å²) >= 11 is 12.3. The van der Waals surface area contributed by atoms with Gasteiger partial charge in [-0.2, -0.15) is 0 Å². The zero-order valence-corrected chi connectivity index (χ0v) is 17.4. The van der Waals surface area contributed by atoms with Crippen LogP contribution in [0.25, 0.3) is 32.9 Å². The number of hydrogen-bond acceptors (Lipinski definition) is 1. The Labute approximate surface area is 183 Å². The van der Waals surface area contributed by atoms with Crippen LogP contribution in [0.1, 0.15) is 12.5 Å². The van der Waals surface area contributed by atoms with Crippen LogP contribution in [-0.4, -0.2) is 15.6 Å². The van der Waals surface area contributed by atoms with Gasteiger partial charge in [-0.1, -0.05) is 71.7 Å². The molecule has 1 unspecified atom stereocenters. The Bertz CT molecular complexity index is 1360. The van der Waals surface area contributed by atoms with E-state index in [4.69, 9.17) is 23.2 Å². The third-order valence-electron chi connectivity index (χ3n) is 5.60. The molecule has 0 radical (unpaired) electrons. The molecule has 0 saturated carbocycles. The standard InChI is InChI=1S/C25H17Cl2NO2/c26-17-8-5-16(6-9-17)24-14-20-19-4-2-1-3-15(19)7-12-23(20)28(24)18-10-11-22(27)21(13-18)25(29)30/h1-9,11-14,18H,10H2,(H,29,30). The summed E-state index contributed by atoms with van der Waals surface area (Å²) in [6.45, 7) is 0. The molecule has 0 aliphatic heterocycles. The van der Waals surface area contributed by atoms with E-state index in [1.165, 1.54) is 0 Å². The van der Waals surface area contributed by atoms with Crippen molar-refractivity contribution in [1.82, 2.24) is 4.57 Å². The second-order valence-electron chi connectivity index (χ2n) is 7.37. The van der Waals surface area contributed by atoms with Gasteiger partial charge in [0.25, 0.3) is 0 Å². The summed E-state index contributed by atoms with van der Waals surface area (Å²) in [4.78, 5) is 11.7. The van der Waals surface area contributed by atoms with Crippen LogP contribution in [0.2, 0.25) is 5.02 Å². The molecule has 3 nitrogen and oxygen atoms in total. The van der Waals surface area contributed by atoms with E-state index in [1.807, 2.05) is 36.4 Å². The van der Waals surface area contributed by atoms with E-state index < -0.39 is 5.97 Å². The van der Waals surface area contributed by atoms with Crippen LogP contribution < -0.4 is 0 Å². The lowest BCUT2D eigenvalue weighted by Crippen LogP contribution is -2.14. The van der Waals surface area contributed by atoms with Crippen LogP contribution in [0.5, 0.6) is 0 Å². The van der Waals surface area contributed by atoms with Gasteiger partial charge >= 0.3 is 5.97 Å². The maximum absolute atomic E-state index is 11.7. The topological polar surface area (TPSA) is 42.2 Å². The number of hydrogen-bond donors (Lipinski definition) is 1. The van der Waals surface area contributed by atoms with Crippen molar-refractivity contribution in [2.75, 3.05) is 0 Å². The first-order valence-electron chi connectivity index (χ1n) is 9.63. The summed E-state index contributed by atoms with van der Waals surface area (Å²) in [5.74, 6) is -1.02. The quantitative estimate of drug-likeness (QED) is 0.371. The number of aliphatic carboxylic acids is 1. The predicted molar refractivity (Wildman–Crippen MR) is 123 cm³/mol. The van der Waals surface area contributed by atoms with Crippen molar-refractivity contribution < 1.29 is 9.90 Å². The first-order chi connectivity index (χ1) is 14.5. The van der Waals surface area contributed by atoms with Crippen LogP contribution >= 0.6 is 23.2 Å². The highest BCUT2D eigenvalue weighted by atomic mass is 35.5. The fourth-order valence-electron chi connectivity index (χ4n) is 4.21. The molecule has 0 amide bonds. The zero-order chi connectivity index (χ0) is 20.8. The highest BCUT2D eigenvalue weighted by Gasteiger charge is 2.24. The van der Waals surface area contributed by atoms with Gasteiger partial charge in [0.1, 0.15) is 0 Å². The molecule has 1 N–H and O–H groups in total. The number of rotatable bonds is 3. The zero-order valence-electron chi connectivity index (χ0n) is 15.8. The molecule has 5 heteroatoms. The molecule has 0 spiro atoms. The van der Waals surface area contributed by atoms with Gasteiger partial charge in [0.2, 0.25) is 0 Å². The third-order valence-corrected chi connectivity index (χ3v) is 6.21. The predicted octanol–water partition coefficient (Wildman–Crippen LogP) is 7.19. The Morgan fingerprint density at radius 3 is 2.50 bits per heavy atom. The van der Waals surface area contributed by atoms with Gasteiger partial charge in [-0.25, -0.2) is 4.79 Å². The average Bonchev–Trinajstić information content (AvgIpc) is 3.14. The SMILES string of the molecule is O=C(O)C1=CC(n2c(-c3ccc(Cl)cc3)cc3c4ccccc4ccc32)CC=C1Cl. The van der Waals surface area contributed by atoms with Gasteiger partial charge in [-0.05, 0) is 53.1 Å². The maximum atomic E-state index is 11.7. The summed E-state index contributed by atoms with van der Waals surface area (Å²) in [6, 6.07) is 22.2. The Balaban J connectivity index is 1.81. The van der Waals surface area contributed by atoms with E-state index in [0.717, 1.165) is 32.9 Å². The monoisotopic (exact) mass is 433 g/mol. The van der Waals surface area contributed by atoms with E-state index in [-0.39, 0.29) is 16.6 Å². The number of allylic oxidation sites excluding steroid dienone is 2. The number of fused-ring (bicyclic) bond motifs is 3. The first kappa shape index (κ1) is 19.0. The number of aromatic nitrogens is 1. The van der Waals surface area contributed by atoms with Gasteiger partial charge in [0, 0.05) is 21.6 Å². The third kappa shape index (κ3) is 3.11. The smallest absolute Gasteiger partial charge is 0.336 e. The van der Waals surface area contributed by atoms with Gasteiger partial charge in [0.15, 0.2) is 0 Å². The van der Waals surface area contributed by atoms with Crippen molar-refractivity contribution in [2.45, 2.75) is 12.5 Å². The Morgan fingerprint density at radius 1 is 0.967 bits per heavy atom. The lowest BCUT2D eigenvalue weighted by atomic mass is 10.0. The number of carboxylic acids is 1. The van der Waals surface area contributed by atoms with E-state index >= 15 is 0 Å². The molecule has 1 aromatic heterocycles. The van der Waals surface area contributed by atoms with Crippen LogP contribution in [0.3, 0.4) is 0 Å². The Morgan fingerprint density at radius 2 is 1.73 bits per heavy atom. The van der Waals surface area contributed by atoms with Gasteiger partial charge in [-0.3, -0.25) is 0 Å². The maximum Gasteiger partial charge on any atom is 0.336 e. The Hall–Kier alpha value is -3.01. The second kappa shape index (κ2) is 7.35. The number of benzene rings is 3. The minimum atomic E-state index is -1.02. The fourth-order valence-corrected chi connectivity index (χ4v) is 4.57. The number of halogens is 2. The minimum absolute atomic E-state index is 0.137. The molecule has 4 aromatic rings. The van der Waals surface area contributed by atoms with E-state index in [9.17, 15) is 9.90 Å². The molecule has 148 valence electrons. The lowest BCUT2D eigenvalue weighted by molar-refractivity contribution is -0.132. The molecule has 0 saturated heterocycles. The van der Waals surface area contributed by atoms with Crippen molar-refractivity contribution in [3.63, 3.8) is 0 Å². The molecule has 1 heterocycles. The van der Waals surface area contributed by atoms with Crippen molar-refractivity contribution in [2.24, 2.45) is 0 Å². The van der Waals surface area contributed by atoms with Gasteiger partial charge in [-0.15, -0.1) is 0 Å². The van der Waals surface area contributed by atoms with Crippen molar-refractivity contribution >= 4 is 50.8 Å². The largest absolute Gasteiger partial charge is 0.478 e. The second-order valence-corrected chi connectivity index (χ2v) is 8.21. The first-order valence-corrected chi connectivity index (χ1v) is 10.4.